The summed E-state index contributed by atoms with van der Waals surface area (Å²) >= 11 is 2.34. The molecule has 1 saturated heterocycles. The summed E-state index contributed by atoms with van der Waals surface area (Å²) in [5.41, 5.74) is 2.19. The van der Waals surface area contributed by atoms with Crippen molar-refractivity contribution in [3.05, 3.63) is 63.9 Å². The Labute approximate surface area is 225 Å². The molecule has 0 radical (unpaired) electrons. The van der Waals surface area contributed by atoms with Crippen molar-refractivity contribution in [2.45, 2.75) is 49.4 Å². The second kappa shape index (κ2) is 11.2. The number of hydrogen-bond acceptors (Lipinski definition) is 5. The maximum Gasteiger partial charge on any atom is 0.253 e. The quantitative estimate of drug-likeness (QED) is 0.268. The van der Waals surface area contributed by atoms with Gasteiger partial charge in [0.25, 0.3) is 5.91 Å². The number of hydrogen-bond donors (Lipinski definition) is 2. The molecule has 36 heavy (non-hydrogen) atoms. The normalized spacial score (nSPS) is 18.4. The summed E-state index contributed by atoms with van der Waals surface area (Å²) in [7, 11) is -3.50. The number of morpholine rings is 1. The van der Waals surface area contributed by atoms with E-state index in [4.69, 9.17) is 4.74 Å². The van der Waals surface area contributed by atoms with Gasteiger partial charge in [-0.3, -0.25) is 4.79 Å². The van der Waals surface area contributed by atoms with Crippen LogP contribution in [-0.4, -0.2) is 62.2 Å². The van der Waals surface area contributed by atoms with Crippen LogP contribution >= 0.6 is 22.6 Å². The van der Waals surface area contributed by atoms with Crippen molar-refractivity contribution in [2.24, 2.45) is 0 Å². The first-order valence-electron chi connectivity index (χ1n) is 12.4. The lowest BCUT2D eigenvalue weighted by atomic mass is 10.1. The molecule has 1 unspecified atom stereocenters. The fraction of sp³-hybridized carbons (Fsp3) is 0.423. The van der Waals surface area contributed by atoms with E-state index in [0.29, 0.717) is 45.2 Å². The number of carbonyl (C=O) groups is 1. The van der Waals surface area contributed by atoms with Gasteiger partial charge in [-0.15, -0.1) is 0 Å². The largest absolute Gasteiger partial charge is 0.366 e. The van der Waals surface area contributed by atoms with Crippen molar-refractivity contribution in [1.29, 1.82) is 0 Å². The zero-order valence-corrected chi connectivity index (χ0v) is 23.0. The van der Waals surface area contributed by atoms with Gasteiger partial charge in [0.2, 0.25) is 10.0 Å². The van der Waals surface area contributed by atoms with Crippen molar-refractivity contribution >= 4 is 49.4 Å². The summed E-state index contributed by atoms with van der Waals surface area (Å²) in [5, 5.41) is 4.41. The van der Waals surface area contributed by atoms with E-state index >= 15 is 0 Å². The standard InChI is InChI=1S/C26H31IN4O4S/c27-23-18-30(13-4-11-29-36(33,34)21-5-2-1-3-6-21)24-15-19(7-10-22(23)24)17-31(20-8-9-20)26(32)25-16-28-12-14-35-25/h1-3,5-7,10,15,18,20,25,28-29H,4,8-9,11-14,16-17H2. The third-order valence-corrected chi connectivity index (χ3v) is 8.98. The molecule has 2 aromatic carbocycles. The summed E-state index contributed by atoms with van der Waals surface area (Å²) in [4.78, 5) is 15.4. The Morgan fingerprint density at radius 1 is 1.19 bits per heavy atom. The number of fused-ring (bicyclic) bond motifs is 1. The summed E-state index contributed by atoms with van der Waals surface area (Å²) in [6.45, 7) is 3.52. The molecule has 2 heterocycles. The Hall–Kier alpha value is -1.99. The van der Waals surface area contributed by atoms with Gasteiger partial charge < -0.3 is 19.5 Å². The molecule has 2 N–H and O–H groups in total. The molecule has 192 valence electrons. The highest BCUT2D eigenvalue weighted by Crippen LogP contribution is 2.31. The minimum atomic E-state index is -3.50. The second-order valence-electron chi connectivity index (χ2n) is 9.35. The predicted molar refractivity (Wildman–Crippen MR) is 147 cm³/mol. The van der Waals surface area contributed by atoms with Crippen molar-refractivity contribution in [3.8, 4) is 0 Å². The molecule has 10 heteroatoms. The monoisotopic (exact) mass is 622 g/mol. The van der Waals surface area contributed by atoms with Crippen LogP contribution in [0.1, 0.15) is 24.8 Å². The highest BCUT2D eigenvalue weighted by molar-refractivity contribution is 14.1. The van der Waals surface area contributed by atoms with Gasteiger partial charge in [0.05, 0.1) is 11.5 Å². The highest BCUT2D eigenvalue weighted by Gasteiger charge is 2.36. The van der Waals surface area contributed by atoms with E-state index in [1.807, 2.05) is 4.90 Å². The molecule has 2 aliphatic rings. The Bertz CT molecular complexity index is 1320. The van der Waals surface area contributed by atoms with Gasteiger partial charge in [0.1, 0.15) is 6.10 Å². The Balaban J connectivity index is 1.26. The van der Waals surface area contributed by atoms with Crippen LogP contribution in [0, 0.1) is 3.57 Å². The maximum atomic E-state index is 13.2. The molecule has 2 fully saturated rings. The lowest BCUT2D eigenvalue weighted by molar-refractivity contribution is -0.146. The van der Waals surface area contributed by atoms with E-state index in [2.05, 4.69) is 61.6 Å². The molecule has 1 aromatic heterocycles. The first kappa shape index (κ1) is 25.7. The molecule has 3 aromatic rings. The average molecular weight is 623 g/mol. The van der Waals surface area contributed by atoms with Gasteiger partial charge in [-0.2, -0.15) is 0 Å². The zero-order valence-electron chi connectivity index (χ0n) is 20.0. The van der Waals surface area contributed by atoms with Gasteiger partial charge in [-0.1, -0.05) is 30.3 Å². The summed E-state index contributed by atoms with van der Waals surface area (Å²) in [5.74, 6) is 0.0699. The van der Waals surface area contributed by atoms with Gasteiger partial charge in [0, 0.05) is 59.4 Å². The Morgan fingerprint density at radius 3 is 2.72 bits per heavy atom. The minimum Gasteiger partial charge on any atom is -0.366 e. The number of ether oxygens (including phenoxy) is 1. The van der Waals surface area contributed by atoms with Crippen LogP contribution in [0.5, 0.6) is 0 Å². The van der Waals surface area contributed by atoms with Crippen LogP contribution in [0.2, 0.25) is 0 Å². The van der Waals surface area contributed by atoms with Crippen LogP contribution in [0.15, 0.2) is 59.6 Å². The van der Waals surface area contributed by atoms with Crippen molar-refractivity contribution in [2.75, 3.05) is 26.2 Å². The second-order valence-corrected chi connectivity index (χ2v) is 12.3. The number of halogens is 1. The maximum absolute atomic E-state index is 13.2. The number of sulfonamides is 1. The zero-order chi connectivity index (χ0) is 25.1. The molecular weight excluding hydrogens is 591 g/mol. The van der Waals surface area contributed by atoms with Gasteiger partial charge in [-0.25, -0.2) is 13.1 Å². The third-order valence-electron chi connectivity index (χ3n) is 6.65. The SMILES string of the molecule is O=C(C1CNCCO1)N(Cc1ccc2c(I)cn(CCCNS(=O)(=O)c3ccccc3)c2c1)C1CC1. The number of benzene rings is 2. The van der Waals surface area contributed by atoms with Crippen LogP contribution < -0.4 is 10.0 Å². The molecule has 1 aliphatic heterocycles. The number of amides is 1. The molecule has 1 atom stereocenters. The van der Waals surface area contributed by atoms with E-state index in [1.54, 1.807) is 30.3 Å². The van der Waals surface area contributed by atoms with E-state index in [9.17, 15) is 13.2 Å². The number of carbonyl (C=O) groups excluding carboxylic acids is 1. The van der Waals surface area contributed by atoms with E-state index < -0.39 is 16.1 Å². The van der Waals surface area contributed by atoms with Crippen molar-refractivity contribution in [1.82, 2.24) is 19.5 Å². The fourth-order valence-electron chi connectivity index (χ4n) is 4.59. The van der Waals surface area contributed by atoms with Crippen LogP contribution in [0.4, 0.5) is 0 Å². The Morgan fingerprint density at radius 2 is 2.00 bits per heavy atom. The third kappa shape index (κ3) is 5.94. The van der Waals surface area contributed by atoms with E-state index in [-0.39, 0.29) is 10.8 Å². The number of rotatable bonds is 10. The highest BCUT2D eigenvalue weighted by atomic mass is 127. The molecule has 5 rings (SSSR count). The molecular formula is C26H31IN4O4S. The molecule has 1 aliphatic carbocycles. The molecule has 0 bridgehead atoms. The smallest absolute Gasteiger partial charge is 0.253 e. The Kier molecular flexibility index (Phi) is 7.96. The van der Waals surface area contributed by atoms with Crippen molar-refractivity contribution < 1.29 is 17.9 Å². The van der Waals surface area contributed by atoms with Crippen LogP contribution in [0.25, 0.3) is 10.9 Å². The van der Waals surface area contributed by atoms with Gasteiger partial charge in [0.15, 0.2) is 0 Å². The minimum absolute atomic E-state index is 0.0699. The van der Waals surface area contributed by atoms with E-state index in [0.717, 1.165) is 39.4 Å². The number of aromatic nitrogens is 1. The molecule has 1 saturated carbocycles. The molecule has 8 nitrogen and oxygen atoms in total. The number of nitrogens with zero attached hydrogens (tertiary/aromatic N) is 2. The van der Waals surface area contributed by atoms with Crippen LogP contribution in [-0.2, 0) is 32.6 Å². The number of aryl methyl sites for hydroxylation is 1. The van der Waals surface area contributed by atoms with Gasteiger partial charge in [-0.05, 0) is 65.6 Å². The summed E-state index contributed by atoms with van der Waals surface area (Å²) < 4.78 is 36.7. The first-order valence-corrected chi connectivity index (χ1v) is 14.9. The summed E-state index contributed by atoms with van der Waals surface area (Å²) in [6.07, 6.45) is 4.44. The van der Waals surface area contributed by atoms with Crippen LogP contribution in [0.3, 0.4) is 0 Å². The topological polar surface area (TPSA) is 92.7 Å². The summed E-state index contributed by atoms with van der Waals surface area (Å²) in [6, 6.07) is 15.1. The lowest BCUT2D eigenvalue weighted by Crippen LogP contribution is -2.49. The molecule has 0 spiro atoms. The lowest BCUT2D eigenvalue weighted by Gasteiger charge is -2.30. The average Bonchev–Trinajstić information content (AvgIpc) is 3.70. The van der Waals surface area contributed by atoms with Crippen molar-refractivity contribution in [3.63, 3.8) is 0 Å². The molecule has 1 amide bonds. The fourth-order valence-corrected chi connectivity index (χ4v) is 6.48. The predicted octanol–water partition coefficient (Wildman–Crippen LogP) is 3.09. The first-order chi connectivity index (χ1) is 17.4. The van der Waals surface area contributed by atoms with Gasteiger partial charge >= 0.3 is 0 Å². The number of nitrogens with one attached hydrogen (secondary N) is 2. The van der Waals surface area contributed by atoms with E-state index in [1.165, 1.54) is 0 Å².